The summed E-state index contributed by atoms with van der Waals surface area (Å²) >= 11 is 0. The number of pyridine rings is 1. The van der Waals surface area contributed by atoms with E-state index in [2.05, 4.69) is 4.98 Å². The maximum absolute atomic E-state index is 8.56. The van der Waals surface area contributed by atoms with Crippen molar-refractivity contribution in [3.8, 4) is 28.8 Å². The normalized spacial score (nSPS) is 10.2. The zero-order valence-corrected chi connectivity index (χ0v) is 11.3. The van der Waals surface area contributed by atoms with E-state index in [1.807, 2.05) is 36.4 Å². The molecule has 0 aliphatic carbocycles. The number of methoxy groups -OCH3 is 2. The van der Waals surface area contributed by atoms with E-state index >= 15 is 0 Å². The third-order valence-corrected chi connectivity index (χ3v) is 2.81. The van der Waals surface area contributed by atoms with E-state index in [9.17, 15) is 0 Å². The Morgan fingerprint density at radius 2 is 1.90 bits per heavy atom. The molecular weight excluding hydrogens is 252 g/mol. The van der Waals surface area contributed by atoms with Gasteiger partial charge in [-0.1, -0.05) is 0 Å². The molecule has 0 unspecified atom stereocenters. The smallest absolute Gasteiger partial charge is 0.161 e. The zero-order valence-electron chi connectivity index (χ0n) is 11.3. The van der Waals surface area contributed by atoms with Crippen LogP contribution in [0.15, 0.2) is 42.6 Å². The molecular formula is C16H14N2O2. The van der Waals surface area contributed by atoms with Gasteiger partial charge in [0.2, 0.25) is 0 Å². The molecule has 0 atom stereocenters. The monoisotopic (exact) mass is 266 g/mol. The first-order chi connectivity index (χ1) is 9.78. The number of nitrogens with zero attached hydrogens (tertiary/aromatic N) is 2. The largest absolute Gasteiger partial charge is 0.493 e. The van der Waals surface area contributed by atoms with Crippen LogP contribution in [0.2, 0.25) is 0 Å². The molecule has 20 heavy (non-hydrogen) atoms. The highest BCUT2D eigenvalue weighted by atomic mass is 16.5. The molecule has 0 bridgehead atoms. The second-order valence-electron chi connectivity index (χ2n) is 4.01. The maximum Gasteiger partial charge on any atom is 0.161 e. The number of benzene rings is 1. The van der Waals surface area contributed by atoms with Gasteiger partial charge in [-0.25, -0.2) is 0 Å². The number of aromatic nitrogens is 1. The minimum absolute atomic E-state index is 0.657. The van der Waals surface area contributed by atoms with Crippen molar-refractivity contribution < 1.29 is 9.47 Å². The lowest BCUT2D eigenvalue weighted by molar-refractivity contribution is 0.355. The van der Waals surface area contributed by atoms with E-state index in [4.69, 9.17) is 14.7 Å². The van der Waals surface area contributed by atoms with E-state index in [1.165, 1.54) is 6.08 Å². The number of rotatable bonds is 4. The standard InChI is InChI=1S/C16H14N2O2/c1-19-15-6-5-13(11-16(15)20-2)14-10-12(4-3-8-17)7-9-18-14/h3-7,9-11H,1-2H3/b4-3-. The molecule has 0 aliphatic heterocycles. The molecule has 0 saturated heterocycles. The summed E-state index contributed by atoms with van der Waals surface area (Å²) in [7, 11) is 3.20. The van der Waals surface area contributed by atoms with Crippen molar-refractivity contribution in [3.05, 3.63) is 48.2 Å². The molecule has 2 rings (SSSR count). The Bertz CT molecular complexity index is 672. The highest BCUT2D eigenvalue weighted by molar-refractivity contribution is 5.67. The summed E-state index contributed by atoms with van der Waals surface area (Å²) < 4.78 is 10.5. The predicted molar refractivity (Wildman–Crippen MR) is 77.4 cm³/mol. The lowest BCUT2D eigenvalue weighted by Crippen LogP contribution is -1.91. The summed E-state index contributed by atoms with van der Waals surface area (Å²) in [4.78, 5) is 4.34. The second-order valence-corrected chi connectivity index (χ2v) is 4.01. The van der Waals surface area contributed by atoms with Crippen LogP contribution in [0.1, 0.15) is 5.56 Å². The Kier molecular flexibility index (Phi) is 4.35. The van der Waals surface area contributed by atoms with Gasteiger partial charge in [0.25, 0.3) is 0 Å². The molecule has 4 nitrogen and oxygen atoms in total. The Labute approximate surface area is 117 Å². The summed E-state index contributed by atoms with van der Waals surface area (Å²) in [6.45, 7) is 0. The van der Waals surface area contributed by atoms with Crippen molar-refractivity contribution in [2.24, 2.45) is 0 Å². The first-order valence-corrected chi connectivity index (χ1v) is 6.03. The Hall–Kier alpha value is -2.80. The van der Waals surface area contributed by atoms with Gasteiger partial charge < -0.3 is 9.47 Å². The van der Waals surface area contributed by atoms with Crippen molar-refractivity contribution in [2.75, 3.05) is 14.2 Å². The summed E-state index contributed by atoms with van der Waals surface area (Å²) in [6.07, 6.45) is 4.89. The van der Waals surface area contributed by atoms with Gasteiger partial charge in [-0.2, -0.15) is 5.26 Å². The van der Waals surface area contributed by atoms with Gasteiger partial charge in [0.15, 0.2) is 11.5 Å². The molecule has 1 aromatic heterocycles. The van der Waals surface area contributed by atoms with Crippen LogP contribution in [0.25, 0.3) is 17.3 Å². The van der Waals surface area contributed by atoms with Gasteiger partial charge in [0.1, 0.15) is 0 Å². The first kappa shape index (κ1) is 13.6. The van der Waals surface area contributed by atoms with E-state index < -0.39 is 0 Å². The minimum atomic E-state index is 0.657. The lowest BCUT2D eigenvalue weighted by Gasteiger charge is -2.09. The molecule has 0 amide bonds. The molecule has 0 aliphatic rings. The topological polar surface area (TPSA) is 55.1 Å². The number of allylic oxidation sites excluding steroid dienone is 1. The quantitative estimate of drug-likeness (QED) is 0.797. The molecule has 0 radical (unpaired) electrons. The third kappa shape index (κ3) is 2.96. The highest BCUT2D eigenvalue weighted by Crippen LogP contribution is 2.31. The van der Waals surface area contributed by atoms with Gasteiger partial charge >= 0.3 is 0 Å². The Morgan fingerprint density at radius 3 is 2.60 bits per heavy atom. The maximum atomic E-state index is 8.56. The predicted octanol–water partition coefficient (Wildman–Crippen LogP) is 3.30. The molecule has 0 saturated carbocycles. The fourth-order valence-corrected chi connectivity index (χ4v) is 1.84. The molecule has 0 N–H and O–H groups in total. The fourth-order valence-electron chi connectivity index (χ4n) is 1.84. The van der Waals surface area contributed by atoms with E-state index in [0.29, 0.717) is 11.5 Å². The van der Waals surface area contributed by atoms with Crippen LogP contribution < -0.4 is 9.47 Å². The van der Waals surface area contributed by atoms with Gasteiger partial charge in [0.05, 0.1) is 26.0 Å². The summed E-state index contributed by atoms with van der Waals surface area (Å²) in [5, 5.41) is 8.56. The highest BCUT2D eigenvalue weighted by Gasteiger charge is 2.07. The van der Waals surface area contributed by atoms with Crippen molar-refractivity contribution in [1.82, 2.24) is 4.98 Å². The molecule has 1 heterocycles. The van der Waals surface area contributed by atoms with Crippen molar-refractivity contribution in [3.63, 3.8) is 0 Å². The Balaban J connectivity index is 2.41. The van der Waals surface area contributed by atoms with Crippen molar-refractivity contribution >= 4 is 6.08 Å². The fraction of sp³-hybridized carbons (Fsp3) is 0.125. The third-order valence-electron chi connectivity index (χ3n) is 2.81. The number of ether oxygens (including phenoxy) is 2. The second kappa shape index (κ2) is 6.39. The molecule has 1 aromatic carbocycles. The number of hydrogen-bond acceptors (Lipinski definition) is 4. The zero-order chi connectivity index (χ0) is 14.4. The molecule has 2 aromatic rings. The van der Waals surface area contributed by atoms with Crippen LogP contribution in [-0.4, -0.2) is 19.2 Å². The summed E-state index contributed by atoms with van der Waals surface area (Å²) in [6, 6.07) is 11.4. The van der Waals surface area contributed by atoms with Crippen LogP contribution >= 0.6 is 0 Å². The van der Waals surface area contributed by atoms with E-state index in [0.717, 1.165) is 16.8 Å². The van der Waals surface area contributed by atoms with Gasteiger partial charge in [0, 0.05) is 17.8 Å². The lowest BCUT2D eigenvalue weighted by atomic mass is 10.1. The van der Waals surface area contributed by atoms with Crippen LogP contribution in [0.3, 0.4) is 0 Å². The number of hydrogen-bond donors (Lipinski definition) is 0. The van der Waals surface area contributed by atoms with Gasteiger partial charge in [-0.15, -0.1) is 0 Å². The molecule has 4 heteroatoms. The molecule has 100 valence electrons. The minimum Gasteiger partial charge on any atom is -0.493 e. The van der Waals surface area contributed by atoms with Crippen LogP contribution in [0, 0.1) is 11.3 Å². The average molecular weight is 266 g/mol. The van der Waals surface area contributed by atoms with Crippen LogP contribution in [-0.2, 0) is 0 Å². The van der Waals surface area contributed by atoms with E-state index in [1.54, 1.807) is 26.5 Å². The molecule has 0 fully saturated rings. The Morgan fingerprint density at radius 1 is 1.10 bits per heavy atom. The van der Waals surface area contributed by atoms with Crippen molar-refractivity contribution in [1.29, 1.82) is 5.26 Å². The SMILES string of the molecule is COc1ccc(-c2cc(/C=C\C#N)ccn2)cc1OC. The average Bonchev–Trinajstić information content (AvgIpc) is 2.52. The van der Waals surface area contributed by atoms with Gasteiger partial charge in [-0.05, 0) is 42.0 Å². The van der Waals surface area contributed by atoms with Crippen molar-refractivity contribution in [2.45, 2.75) is 0 Å². The molecule has 0 spiro atoms. The van der Waals surface area contributed by atoms with E-state index in [-0.39, 0.29) is 0 Å². The number of nitriles is 1. The summed E-state index contributed by atoms with van der Waals surface area (Å²) in [5.74, 6) is 1.33. The summed E-state index contributed by atoms with van der Waals surface area (Å²) in [5.41, 5.74) is 2.66. The van der Waals surface area contributed by atoms with Crippen LogP contribution in [0.5, 0.6) is 11.5 Å². The first-order valence-electron chi connectivity index (χ1n) is 6.03. The van der Waals surface area contributed by atoms with Gasteiger partial charge in [-0.3, -0.25) is 4.98 Å². The van der Waals surface area contributed by atoms with Crippen LogP contribution in [0.4, 0.5) is 0 Å².